The summed E-state index contributed by atoms with van der Waals surface area (Å²) in [6.07, 6.45) is 3.15. The van der Waals surface area contributed by atoms with Crippen LogP contribution in [0.15, 0.2) is 17.1 Å². The van der Waals surface area contributed by atoms with Crippen LogP contribution in [0, 0.1) is 5.92 Å². The number of aliphatic hydroxyl groups excluding tert-OH is 1. The van der Waals surface area contributed by atoms with Crippen LogP contribution in [-0.4, -0.2) is 50.5 Å². The molecule has 0 unspecified atom stereocenters. The monoisotopic (exact) mass is 310 g/mol. The molecule has 7 nitrogen and oxygen atoms in total. The smallest absolute Gasteiger partial charge is 0.306 e. The lowest BCUT2D eigenvalue weighted by atomic mass is 9.97. The van der Waals surface area contributed by atoms with Gasteiger partial charge in [-0.05, 0) is 32.4 Å². The highest BCUT2D eigenvalue weighted by atomic mass is 16.4. The molecule has 22 heavy (non-hydrogen) atoms. The van der Waals surface area contributed by atoms with Gasteiger partial charge in [0.25, 0.3) is 0 Å². The minimum absolute atomic E-state index is 0.0380. The van der Waals surface area contributed by atoms with Gasteiger partial charge in [0, 0.05) is 31.5 Å². The molecular weight excluding hydrogens is 288 g/mol. The van der Waals surface area contributed by atoms with Crippen molar-refractivity contribution in [3.05, 3.63) is 28.2 Å². The molecule has 0 atom stereocenters. The highest BCUT2D eigenvalue weighted by Crippen LogP contribution is 2.19. The Morgan fingerprint density at radius 3 is 2.59 bits per heavy atom. The van der Waals surface area contributed by atoms with Crippen molar-refractivity contribution >= 4 is 5.97 Å². The maximum atomic E-state index is 11.6. The number of aromatic nitrogens is 1. The summed E-state index contributed by atoms with van der Waals surface area (Å²) in [6, 6.07) is 1.41. The van der Waals surface area contributed by atoms with Crippen molar-refractivity contribution < 1.29 is 20.1 Å². The van der Waals surface area contributed by atoms with Crippen molar-refractivity contribution in [3.8, 4) is 5.75 Å². The SMILES string of the molecule is O=C(O)C1CCN(Cc2cc(=O)c(O)cn2CCCO)CC1. The first-order valence-electron chi connectivity index (χ1n) is 7.49. The van der Waals surface area contributed by atoms with E-state index in [2.05, 4.69) is 4.90 Å². The van der Waals surface area contributed by atoms with E-state index in [4.69, 9.17) is 10.2 Å². The average Bonchev–Trinajstić information content (AvgIpc) is 2.50. The predicted molar refractivity (Wildman–Crippen MR) is 79.7 cm³/mol. The number of carboxylic acid groups (broad SMARTS) is 1. The molecule has 3 N–H and O–H groups in total. The number of aryl methyl sites for hydroxylation is 1. The van der Waals surface area contributed by atoms with E-state index in [9.17, 15) is 14.7 Å². The molecule has 0 spiro atoms. The Morgan fingerprint density at radius 1 is 1.32 bits per heavy atom. The Hall–Kier alpha value is -1.86. The molecule has 0 saturated carbocycles. The fourth-order valence-electron chi connectivity index (χ4n) is 2.76. The van der Waals surface area contributed by atoms with Crippen molar-refractivity contribution in [2.75, 3.05) is 19.7 Å². The van der Waals surface area contributed by atoms with Crippen LogP contribution >= 0.6 is 0 Å². The van der Waals surface area contributed by atoms with Gasteiger partial charge in [0.2, 0.25) is 5.43 Å². The molecule has 0 radical (unpaired) electrons. The first-order chi connectivity index (χ1) is 10.5. The summed E-state index contributed by atoms with van der Waals surface area (Å²) in [6.45, 7) is 2.44. The highest BCUT2D eigenvalue weighted by molar-refractivity contribution is 5.70. The van der Waals surface area contributed by atoms with Crippen LogP contribution in [0.3, 0.4) is 0 Å². The lowest BCUT2D eigenvalue weighted by Crippen LogP contribution is -2.36. The molecule has 1 fully saturated rings. The van der Waals surface area contributed by atoms with Gasteiger partial charge < -0.3 is 19.9 Å². The Labute approximate surface area is 128 Å². The molecule has 7 heteroatoms. The Balaban J connectivity index is 2.07. The number of pyridine rings is 1. The quantitative estimate of drug-likeness (QED) is 0.695. The predicted octanol–water partition coefficient (Wildman–Crippen LogP) is 0.233. The van der Waals surface area contributed by atoms with Crippen LogP contribution in [0.2, 0.25) is 0 Å². The van der Waals surface area contributed by atoms with Crippen molar-refractivity contribution in [2.45, 2.75) is 32.4 Å². The van der Waals surface area contributed by atoms with E-state index in [0.717, 1.165) is 5.69 Å². The van der Waals surface area contributed by atoms with Gasteiger partial charge in [-0.25, -0.2) is 0 Å². The van der Waals surface area contributed by atoms with E-state index in [0.29, 0.717) is 45.4 Å². The van der Waals surface area contributed by atoms with Gasteiger partial charge >= 0.3 is 5.97 Å². The molecule has 1 aromatic rings. The molecule has 2 heterocycles. The van der Waals surface area contributed by atoms with Crippen LogP contribution in [0.4, 0.5) is 0 Å². The average molecular weight is 310 g/mol. The van der Waals surface area contributed by atoms with Crippen LogP contribution in [-0.2, 0) is 17.9 Å². The largest absolute Gasteiger partial charge is 0.503 e. The van der Waals surface area contributed by atoms with Gasteiger partial charge in [0.1, 0.15) is 0 Å². The van der Waals surface area contributed by atoms with Gasteiger partial charge in [-0.1, -0.05) is 0 Å². The van der Waals surface area contributed by atoms with Gasteiger partial charge in [-0.15, -0.1) is 0 Å². The third-order valence-electron chi connectivity index (χ3n) is 4.08. The number of rotatable bonds is 6. The second-order valence-electron chi connectivity index (χ2n) is 5.67. The van der Waals surface area contributed by atoms with Crippen molar-refractivity contribution in [1.29, 1.82) is 0 Å². The minimum atomic E-state index is -0.746. The number of nitrogens with zero attached hydrogens (tertiary/aromatic N) is 2. The van der Waals surface area contributed by atoms with E-state index in [1.165, 1.54) is 12.3 Å². The van der Waals surface area contributed by atoms with E-state index in [-0.39, 0.29) is 18.3 Å². The number of hydrogen-bond donors (Lipinski definition) is 3. The summed E-state index contributed by atoms with van der Waals surface area (Å²) in [5.74, 6) is -1.33. The van der Waals surface area contributed by atoms with E-state index in [1.807, 2.05) is 0 Å². The summed E-state index contributed by atoms with van der Waals surface area (Å²) in [5.41, 5.74) is 0.348. The van der Waals surface area contributed by atoms with Crippen LogP contribution < -0.4 is 5.43 Å². The molecule has 0 amide bonds. The number of carboxylic acids is 1. The third-order valence-corrected chi connectivity index (χ3v) is 4.08. The second-order valence-corrected chi connectivity index (χ2v) is 5.67. The van der Waals surface area contributed by atoms with Crippen molar-refractivity contribution in [1.82, 2.24) is 9.47 Å². The number of carbonyl (C=O) groups is 1. The van der Waals surface area contributed by atoms with Crippen LogP contribution in [0.1, 0.15) is 25.0 Å². The number of aromatic hydroxyl groups is 1. The molecule has 2 rings (SSSR count). The Kier molecular flexibility index (Phi) is 5.57. The zero-order valence-corrected chi connectivity index (χ0v) is 12.4. The first kappa shape index (κ1) is 16.5. The fourth-order valence-corrected chi connectivity index (χ4v) is 2.76. The van der Waals surface area contributed by atoms with Crippen LogP contribution in [0.25, 0.3) is 0 Å². The normalized spacial score (nSPS) is 16.8. The lowest BCUT2D eigenvalue weighted by Gasteiger charge is -2.30. The zero-order valence-electron chi connectivity index (χ0n) is 12.4. The van der Waals surface area contributed by atoms with Crippen molar-refractivity contribution in [3.63, 3.8) is 0 Å². The molecular formula is C15H22N2O5. The topological polar surface area (TPSA) is 103 Å². The van der Waals surface area contributed by atoms with Gasteiger partial charge in [0.05, 0.1) is 12.1 Å². The van der Waals surface area contributed by atoms with E-state index in [1.54, 1.807) is 4.57 Å². The minimum Gasteiger partial charge on any atom is -0.503 e. The number of aliphatic carboxylic acids is 1. The van der Waals surface area contributed by atoms with Crippen molar-refractivity contribution in [2.24, 2.45) is 5.92 Å². The Morgan fingerprint density at radius 2 is 2.00 bits per heavy atom. The molecule has 122 valence electrons. The highest BCUT2D eigenvalue weighted by Gasteiger charge is 2.24. The number of piperidine rings is 1. The molecule has 1 aliphatic rings. The molecule has 1 saturated heterocycles. The van der Waals surface area contributed by atoms with Crippen LogP contribution in [0.5, 0.6) is 5.75 Å². The van der Waals surface area contributed by atoms with E-state index < -0.39 is 11.4 Å². The zero-order chi connectivity index (χ0) is 16.1. The second kappa shape index (κ2) is 7.42. The summed E-state index contributed by atoms with van der Waals surface area (Å²) in [5, 5.41) is 27.5. The first-order valence-corrected chi connectivity index (χ1v) is 7.49. The maximum absolute atomic E-state index is 11.6. The standard InChI is InChI=1S/C15H22N2O5/c18-7-1-4-17-10-14(20)13(19)8-12(17)9-16-5-2-11(3-6-16)15(21)22/h8,10-11,18,20H,1-7,9H2,(H,21,22). The van der Waals surface area contributed by atoms with Gasteiger partial charge in [-0.3, -0.25) is 14.5 Å². The summed E-state index contributed by atoms with van der Waals surface area (Å²) < 4.78 is 1.77. The molecule has 1 aromatic heterocycles. The summed E-state index contributed by atoms with van der Waals surface area (Å²) in [7, 11) is 0. The lowest BCUT2D eigenvalue weighted by molar-refractivity contribution is -0.143. The Bertz CT molecular complexity index is 576. The van der Waals surface area contributed by atoms with Gasteiger partial charge in [0.15, 0.2) is 5.75 Å². The molecule has 0 bridgehead atoms. The van der Waals surface area contributed by atoms with Gasteiger partial charge in [-0.2, -0.15) is 0 Å². The third kappa shape index (κ3) is 4.08. The molecule has 0 aliphatic carbocycles. The summed E-state index contributed by atoms with van der Waals surface area (Å²) in [4.78, 5) is 24.7. The molecule has 0 aromatic carbocycles. The molecule has 1 aliphatic heterocycles. The number of likely N-dealkylation sites (tertiary alicyclic amines) is 1. The van der Waals surface area contributed by atoms with E-state index >= 15 is 0 Å². The summed E-state index contributed by atoms with van der Waals surface area (Å²) >= 11 is 0. The fraction of sp³-hybridized carbons (Fsp3) is 0.600. The number of hydrogen-bond acceptors (Lipinski definition) is 5. The number of aliphatic hydroxyl groups is 1. The maximum Gasteiger partial charge on any atom is 0.306 e.